The van der Waals surface area contributed by atoms with Crippen molar-refractivity contribution in [2.75, 3.05) is 45.9 Å². The molecule has 1 atom stereocenters. The van der Waals surface area contributed by atoms with Gasteiger partial charge >= 0.3 is 11.6 Å². The predicted octanol–water partition coefficient (Wildman–Crippen LogP) is 3.52. The van der Waals surface area contributed by atoms with Crippen LogP contribution in [-0.2, 0) is 19.0 Å². The molecule has 0 saturated heterocycles. The highest BCUT2D eigenvalue weighted by Gasteiger charge is 2.11. The van der Waals surface area contributed by atoms with E-state index in [1.54, 1.807) is 11.8 Å². The number of ether oxygens (including phenoxy) is 4. The molecule has 160 valence electrons. The second-order valence-electron chi connectivity index (χ2n) is 6.34. The van der Waals surface area contributed by atoms with E-state index in [0.29, 0.717) is 44.4 Å². The van der Waals surface area contributed by atoms with Crippen molar-refractivity contribution in [2.45, 2.75) is 25.2 Å². The zero-order valence-electron chi connectivity index (χ0n) is 17.1. The average Bonchev–Trinajstić information content (AvgIpc) is 2.73. The molecular formula is C21H28O7S. The molecule has 0 aliphatic carbocycles. The molecule has 0 amide bonds. The van der Waals surface area contributed by atoms with Gasteiger partial charge in [-0.3, -0.25) is 4.79 Å². The Labute approximate surface area is 174 Å². The van der Waals surface area contributed by atoms with Gasteiger partial charge < -0.3 is 23.4 Å². The Morgan fingerprint density at radius 3 is 2.45 bits per heavy atom. The molecule has 0 aliphatic rings. The number of hydrogen-bond acceptors (Lipinski definition) is 8. The number of carbonyl (C=O) groups excluding carboxylic acids is 1. The molecular weight excluding hydrogens is 396 g/mol. The van der Waals surface area contributed by atoms with E-state index in [0.717, 1.165) is 16.7 Å². The van der Waals surface area contributed by atoms with E-state index in [2.05, 4.69) is 0 Å². The third kappa shape index (κ3) is 7.72. The smallest absolute Gasteiger partial charge is 0.339 e. The highest BCUT2D eigenvalue weighted by Crippen LogP contribution is 2.27. The molecule has 1 unspecified atom stereocenters. The first-order chi connectivity index (χ1) is 14.0. The van der Waals surface area contributed by atoms with E-state index in [-0.39, 0.29) is 18.5 Å². The highest BCUT2D eigenvalue weighted by atomic mass is 32.2. The molecule has 1 aromatic heterocycles. The van der Waals surface area contributed by atoms with Gasteiger partial charge in [0.25, 0.3) is 0 Å². The first-order valence-electron chi connectivity index (χ1n) is 9.62. The molecule has 0 bridgehead atoms. The Bertz CT molecular complexity index is 833. The van der Waals surface area contributed by atoms with E-state index >= 15 is 0 Å². The predicted molar refractivity (Wildman–Crippen MR) is 112 cm³/mol. The number of carbonyl (C=O) groups is 1. The average molecular weight is 425 g/mol. The normalized spacial score (nSPS) is 12.1. The first kappa shape index (κ1) is 23.3. The van der Waals surface area contributed by atoms with Crippen LogP contribution in [0, 0.1) is 5.92 Å². The lowest BCUT2D eigenvalue weighted by molar-refractivity contribution is -0.149. The third-order valence-corrected chi connectivity index (χ3v) is 4.98. The van der Waals surface area contributed by atoms with Crippen molar-refractivity contribution < 1.29 is 28.2 Å². The van der Waals surface area contributed by atoms with Gasteiger partial charge in [0.05, 0.1) is 43.8 Å². The minimum atomic E-state index is -0.450. The molecule has 29 heavy (non-hydrogen) atoms. The lowest BCUT2D eigenvalue weighted by Crippen LogP contribution is -2.18. The third-order valence-electron chi connectivity index (χ3n) is 4.26. The Balaban J connectivity index is 1.62. The summed E-state index contributed by atoms with van der Waals surface area (Å²) in [6.45, 7) is 5.82. The van der Waals surface area contributed by atoms with E-state index in [4.69, 9.17) is 23.4 Å². The largest absolute Gasteiger partial charge is 0.490 e. The summed E-state index contributed by atoms with van der Waals surface area (Å²) in [4.78, 5) is 24.2. The molecule has 2 rings (SSSR count). The monoisotopic (exact) mass is 424 g/mol. The van der Waals surface area contributed by atoms with Gasteiger partial charge in [-0.15, -0.1) is 11.8 Å². The lowest BCUT2D eigenvalue weighted by atomic mass is 10.1. The number of rotatable bonds is 13. The van der Waals surface area contributed by atoms with Crippen molar-refractivity contribution in [3.05, 3.63) is 34.7 Å². The van der Waals surface area contributed by atoms with Crippen LogP contribution in [0.3, 0.4) is 0 Å². The second kappa shape index (κ2) is 12.5. The number of benzene rings is 1. The fraction of sp³-hybridized carbons (Fsp3) is 0.524. The van der Waals surface area contributed by atoms with Crippen LogP contribution in [0.1, 0.15) is 20.3 Å². The van der Waals surface area contributed by atoms with Crippen molar-refractivity contribution in [1.29, 1.82) is 0 Å². The summed E-state index contributed by atoms with van der Waals surface area (Å²) in [6.07, 6.45) is 2.72. The van der Waals surface area contributed by atoms with Crippen LogP contribution >= 0.6 is 11.8 Å². The van der Waals surface area contributed by atoms with E-state index in [9.17, 15) is 9.59 Å². The van der Waals surface area contributed by atoms with Crippen LogP contribution in [0.5, 0.6) is 5.75 Å². The number of hydrogen-bond donors (Lipinski definition) is 0. The van der Waals surface area contributed by atoms with Crippen LogP contribution in [-0.4, -0.2) is 51.9 Å². The molecule has 0 N–H and O–H groups in total. The zero-order valence-corrected chi connectivity index (χ0v) is 17.9. The molecule has 0 spiro atoms. The summed E-state index contributed by atoms with van der Waals surface area (Å²) < 4.78 is 26.8. The van der Waals surface area contributed by atoms with Crippen LogP contribution < -0.4 is 10.4 Å². The van der Waals surface area contributed by atoms with Gasteiger partial charge in [0, 0.05) is 4.90 Å². The van der Waals surface area contributed by atoms with Gasteiger partial charge in [0.2, 0.25) is 0 Å². The zero-order chi connectivity index (χ0) is 21.1. The van der Waals surface area contributed by atoms with Gasteiger partial charge in [-0.25, -0.2) is 4.79 Å². The Morgan fingerprint density at radius 1 is 1.07 bits per heavy atom. The van der Waals surface area contributed by atoms with E-state index < -0.39 is 5.63 Å². The van der Waals surface area contributed by atoms with Crippen LogP contribution in [0.25, 0.3) is 11.0 Å². The maximum atomic E-state index is 11.7. The molecule has 0 fully saturated rings. The van der Waals surface area contributed by atoms with Crippen molar-refractivity contribution in [2.24, 2.45) is 5.92 Å². The van der Waals surface area contributed by atoms with Crippen LogP contribution in [0.4, 0.5) is 0 Å². The molecule has 7 nitrogen and oxygen atoms in total. The molecule has 0 aliphatic heterocycles. The maximum absolute atomic E-state index is 11.7. The Hall–Kier alpha value is -2.03. The topological polar surface area (TPSA) is 84.2 Å². The van der Waals surface area contributed by atoms with Crippen molar-refractivity contribution >= 4 is 28.7 Å². The van der Waals surface area contributed by atoms with Crippen LogP contribution in [0.2, 0.25) is 0 Å². The highest BCUT2D eigenvalue weighted by molar-refractivity contribution is 7.98. The van der Waals surface area contributed by atoms with Gasteiger partial charge in [-0.1, -0.05) is 13.8 Å². The van der Waals surface area contributed by atoms with E-state index in [1.807, 2.05) is 38.3 Å². The molecule has 0 saturated carbocycles. The molecule has 2 aromatic rings. The maximum Gasteiger partial charge on any atom is 0.339 e. The summed E-state index contributed by atoms with van der Waals surface area (Å²) in [6, 6.07) is 6.99. The molecule has 1 heterocycles. The molecule has 0 radical (unpaired) electrons. The molecule has 1 aromatic carbocycles. The first-order valence-corrected chi connectivity index (χ1v) is 10.8. The van der Waals surface area contributed by atoms with E-state index in [1.165, 1.54) is 6.07 Å². The van der Waals surface area contributed by atoms with Gasteiger partial charge in [-0.2, -0.15) is 0 Å². The summed E-state index contributed by atoms with van der Waals surface area (Å²) in [5.74, 6) is 0.197. The van der Waals surface area contributed by atoms with Crippen LogP contribution in [0.15, 0.2) is 38.4 Å². The van der Waals surface area contributed by atoms with Gasteiger partial charge in [0.15, 0.2) is 0 Å². The minimum absolute atomic E-state index is 0.0842. The summed E-state index contributed by atoms with van der Waals surface area (Å²) in [5.41, 5.74) is 0.0526. The number of thioether (sulfide) groups is 1. The minimum Gasteiger partial charge on any atom is -0.490 e. The quantitative estimate of drug-likeness (QED) is 0.209. The Kier molecular flexibility index (Phi) is 10.0. The standard InChI is InChI=1S/C21H28O7S/c1-4-15(2)21(23)27-12-10-25-8-7-24-9-11-26-18-14-20(22)28-19-13-16(29-3)5-6-17(18)19/h5-6,13-15H,4,7-12H2,1-3H3. The summed E-state index contributed by atoms with van der Waals surface area (Å²) in [7, 11) is 0. The van der Waals surface area contributed by atoms with Crippen molar-refractivity contribution in [1.82, 2.24) is 0 Å². The summed E-state index contributed by atoms with van der Waals surface area (Å²) >= 11 is 1.57. The molecule has 8 heteroatoms. The van der Waals surface area contributed by atoms with Gasteiger partial charge in [-0.05, 0) is 30.9 Å². The second-order valence-corrected chi connectivity index (χ2v) is 7.22. The van der Waals surface area contributed by atoms with Crippen molar-refractivity contribution in [3.8, 4) is 5.75 Å². The Morgan fingerprint density at radius 2 is 1.76 bits per heavy atom. The van der Waals surface area contributed by atoms with Crippen molar-refractivity contribution in [3.63, 3.8) is 0 Å². The lowest BCUT2D eigenvalue weighted by Gasteiger charge is -2.10. The van der Waals surface area contributed by atoms with Gasteiger partial charge in [0.1, 0.15) is 24.5 Å². The fourth-order valence-corrected chi connectivity index (χ4v) is 2.83. The SMILES string of the molecule is CCC(C)C(=O)OCCOCCOCCOc1cc(=O)oc2cc(SC)ccc12. The number of esters is 1. The summed E-state index contributed by atoms with van der Waals surface area (Å²) in [5, 5.41) is 0.748. The fourth-order valence-electron chi connectivity index (χ4n) is 2.40. The number of fused-ring (bicyclic) bond motifs is 1.